The molecule has 21 heavy (non-hydrogen) atoms. The summed E-state index contributed by atoms with van der Waals surface area (Å²) in [5.74, 6) is 1.18. The molecule has 3 N–H and O–H groups in total. The number of rotatable bonds is 3. The summed E-state index contributed by atoms with van der Waals surface area (Å²) in [4.78, 5) is 6.37. The highest BCUT2D eigenvalue weighted by Crippen LogP contribution is 2.31. The van der Waals surface area contributed by atoms with E-state index in [9.17, 15) is 5.11 Å². The van der Waals surface area contributed by atoms with Gasteiger partial charge in [-0.3, -0.25) is 4.40 Å². The van der Waals surface area contributed by atoms with Gasteiger partial charge in [0.2, 0.25) is 11.6 Å². The van der Waals surface area contributed by atoms with Crippen LogP contribution in [0.3, 0.4) is 0 Å². The van der Waals surface area contributed by atoms with E-state index in [1.807, 2.05) is 24.8 Å². The lowest BCUT2D eigenvalue weighted by Gasteiger charge is -2.24. The molecule has 0 saturated carbocycles. The molecule has 0 spiro atoms. The smallest absolute Gasteiger partial charge is 0.226 e. The van der Waals surface area contributed by atoms with Crippen molar-refractivity contribution in [3.8, 4) is 5.75 Å². The third-order valence-corrected chi connectivity index (χ3v) is 3.39. The molecule has 0 saturated heterocycles. The van der Waals surface area contributed by atoms with Crippen LogP contribution in [-0.4, -0.2) is 31.2 Å². The van der Waals surface area contributed by atoms with Gasteiger partial charge in [0.25, 0.3) is 0 Å². The first-order valence-electron chi connectivity index (χ1n) is 6.64. The Morgan fingerprint density at radius 2 is 2.14 bits per heavy atom. The highest BCUT2D eigenvalue weighted by atomic mass is 16.3. The zero-order valence-corrected chi connectivity index (χ0v) is 11.9. The summed E-state index contributed by atoms with van der Waals surface area (Å²) in [6.07, 6.45) is 3.38. The van der Waals surface area contributed by atoms with E-state index in [0.717, 1.165) is 11.3 Å². The Hall–Kier alpha value is -2.83. The highest BCUT2D eigenvalue weighted by molar-refractivity contribution is 5.75. The lowest BCUT2D eigenvalue weighted by atomic mass is 10.1. The minimum Gasteiger partial charge on any atom is -0.508 e. The maximum absolute atomic E-state index is 9.75. The van der Waals surface area contributed by atoms with E-state index < -0.39 is 0 Å². The summed E-state index contributed by atoms with van der Waals surface area (Å²) >= 11 is 0. The van der Waals surface area contributed by atoms with Gasteiger partial charge in [-0.1, -0.05) is 6.07 Å². The van der Waals surface area contributed by atoms with Crippen LogP contribution in [0.4, 0.5) is 17.5 Å². The van der Waals surface area contributed by atoms with Crippen LogP contribution < -0.4 is 10.6 Å². The van der Waals surface area contributed by atoms with Crippen LogP contribution in [0.25, 0.3) is 5.65 Å². The molecule has 108 valence electrons. The molecule has 7 nitrogen and oxygen atoms in total. The molecule has 2 aromatic heterocycles. The monoisotopic (exact) mass is 284 g/mol. The van der Waals surface area contributed by atoms with Crippen molar-refractivity contribution in [3.63, 3.8) is 0 Å². The van der Waals surface area contributed by atoms with Crippen molar-refractivity contribution >= 4 is 23.1 Å². The van der Waals surface area contributed by atoms with Gasteiger partial charge < -0.3 is 15.7 Å². The van der Waals surface area contributed by atoms with Gasteiger partial charge in [-0.2, -0.15) is 0 Å². The molecule has 0 aliphatic heterocycles. The van der Waals surface area contributed by atoms with Crippen molar-refractivity contribution in [2.75, 3.05) is 17.2 Å². The SMILES string of the molecule is CCN(c1cc(O)ccc1C)c1nccn2c(N)nnc12. The Morgan fingerprint density at radius 3 is 2.90 bits per heavy atom. The van der Waals surface area contributed by atoms with Gasteiger partial charge >= 0.3 is 0 Å². The normalized spacial score (nSPS) is 11.0. The average Bonchev–Trinajstić information content (AvgIpc) is 2.86. The maximum atomic E-state index is 9.75. The number of aromatic hydroxyl groups is 1. The van der Waals surface area contributed by atoms with Crippen LogP contribution in [0.5, 0.6) is 5.75 Å². The largest absolute Gasteiger partial charge is 0.508 e. The number of hydrogen-bond acceptors (Lipinski definition) is 6. The van der Waals surface area contributed by atoms with Crippen molar-refractivity contribution in [2.24, 2.45) is 0 Å². The second-order valence-electron chi connectivity index (χ2n) is 4.72. The zero-order chi connectivity index (χ0) is 15.0. The van der Waals surface area contributed by atoms with Crippen molar-refractivity contribution in [2.45, 2.75) is 13.8 Å². The number of phenols is 1. The lowest BCUT2D eigenvalue weighted by Crippen LogP contribution is -2.19. The number of phenolic OH excluding ortho intramolecular Hbond substituents is 1. The molecule has 7 heteroatoms. The fourth-order valence-corrected chi connectivity index (χ4v) is 2.34. The number of nitrogen functional groups attached to an aromatic ring is 1. The van der Waals surface area contributed by atoms with E-state index in [4.69, 9.17) is 5.73 Å². The molecule has 2 heterocycles. The molecule has 3 aromatic rings. The molecule has 0 fully saturated rings. The van der Waals surface area contributed by atoms with E-state index in [1.54, 1.807) is 28.9 Å². The maximum Gasteiger partial charge on any atom is 0.226 e. The molecule has 0 atom stereocenters. The first-order valence-corrected chi connectivity index (χ1v) is 6.64. The van der Waals surface area contributed by atoms with Gasteiger partial charge in [-0.25, -0.2) is 4.98 Å². The molecule has 0 aliphatic carbocycles. The Labute approximate surface area is 121 Å². The fraction of sp³-hybridized carbons (Fsp3) is 0.214. The summed E-state index contributed by atoms with van der Waals surface area (Å²) in [5.41, 5.74) is 8.27. The number of nitrogens with zero attached hydrogens (tertiary/aromatic N) is 5. The van der Waals surface area contributed by atoms with Crippen LogP contribution in [0.1, 0.15) is 12.5 Å². The van der Waals surface area contributed by atoms with Gasteiger partial charge in [0.05, 0.1) is 0 Å². The summed E-state index contributed by atoms with van der Waals surface area (Å²) in [7, 11) is 0. The quantitative estimate of drug-likeness (QED) is 0.763. The van der Waals surface area contributed by atoms with Gasteiger partial charge in [0.15, 0.2) is 5.82 Å². The van der Waals surface area contributed by atoms with E-state index in [-0.39, 0.29) is 5.75 Å². The lowest BCUT2D eigenvalue weighted by molar-refractivity contribution is 0.475. The van der Waals surface area contributed by atoms with E-state index in [0.29, 0.717) is 24.0 Å². The fourth-order valence-electron chi connectivity index (χ4n) is 2.34. The van der Waals surface area contributed by atoms with Crippen LogP contribution in [0, 0.1) is 6.92 Å². The predicted molar refractivity (Wildman–Crippen MR) is 80.7 cm³/mol. The molecule has 0 aliphatic rings. The summed E-state index contributed by atoms with van der Waals surface area (Å²) < 4.78 is 1.68. The highest BCUT2D eigenvalue weighted by Gasteiger charge is 2.17. The Kier molecular flexibility index (Phi) is 3.09. The topological polar surface area (TPSA) is 92.6 Å². The van der Waals surface area contributed by atoms with Crippen LogP contribution >= 0.6 is 0 Å². The van der Waals surface area contributed by atoms with E-state index in [2.05, 4.69) is 15.2 Å². The molecule has 3 rings (SSSR count). The molecular weight excluding hydrogens is 268 g/mol. The van der Waals surface area contributed by atoms with Gasteiger partial charge in [0.1, 0.15) is 5.75 Å². The van der Waals surface area contributed by atoms with Crippen LogP contribution in [0.15, 0.2) is 30.6 Å². The number of anilines is 3. The standard InChI is InChI=1S/C14H16N6O/c1-3-19(11-8-10(21)5-4-9(11)2)12-13-17-18-14(15)20(13)7-6-16-12/h4-8,21H,3H2,1-2H3,(H2,15,18). The molecule has 0 amide bonds. The number of benzene rings is 1. The second-order valence-corrected chi connectivity index (χ2v) is 4.72. The number of aryl methyl sites for hydroxylation is 1. The first kappa shape index (κ1) is 13.2. The predicted octanol–water partition coefficient (Wildman–Crippen LogP) is 1.88. The van der Waals surface area contributed by atoms with Crippen LogP contribution in [-0.2, 0) is 0 Å². The van der Waals surface area contributed by atoms with Crippen molar-refractivity contribution in [3.05, 3.63) is 36.2 Å². The van der Waals surface area contributed by atoms with E-state index >= 15 is 0 Å². The minimum absolute atomic E-state index is 0.210. The average molecular weight is 284 g/mol. The third-order valence-electron chi connectivity index (χ3n) is 3.39. The Morgan fingerprint density at radius 1 is 1.33 bits per heavy atom. The Balaban J connectivity index is 2.21. The molecule has 0 bridgehead atoms. The van der Waals surface area contributed by atoms with Crippen molar-refractivity contribution < 1.29 is 5.11 Å². The molecule has 0 radical (unpaired) electrons. The van der Waals surface area contributed by atoms with Crippen LogP contribution in [0.2, 0.25) is 0 Å². The number of aromatic nitrogens is 4. The van der Waals surface area contributed by atoms with Gasteiger partial charge in [-0.05, 0) is 25.5 Å². The number of fused-ring (bicyclic) bond motifs is 1. The number of nitrogens with two attached hydrogens (primary N) is 1. The third kappa shape index (κ3) is 2.12. The summed E-state index contributed by atoms with van der Waals surface area (Å²) in [6, 6.07) is 5.24. The van der Waals surface area contributed by atoms with Gasteiger partial charge in [0, 0.05) is 30.7 Å². The Bertz CT molecular complexity index is 797. The second kappa shape index (κ2) is 4.93. The van der Waals surface area contributed by atoms with Crippen molar-refractivity contribution in [1.29, 1.82) is 0 Å². The molecule has 1 aromatic carbocycles. The minimum atomic E-state index is 0.210. The van der Waals surface area contributed by atoms with Gasteiger partial charge in [-0.15, -0.1) is 10.2 Å². The molecular formula is C14H16N6O. The molecule has 0 unspecified atom stereocenters. The first-order chi connectivity index (χ1) is 10.1. The zero-order valence-electron chi connectivity index (χ0n) is 11.9. The van der Waals surface area contributed by atoms with Crippen molar-refractivity contribution in [1.82, 2.24) is 19.6 Å². The van der Waals surface area contributed by atoms with E-state index in [1.165, 1.54) is 0 Å². The summed E-state index contributed by atoms with van der Waals surface area (Å²) in [5, 5.41) is 17.7. The number of hydrogen-bond donors (Lipinski definition) is 2. The summed E-state index contributed by atoms with van der Waals surface area (Å²) in [6.45, 7) is 4.66.